The van der Waals surface area contributed by atoms with Gasteiger partial charge in [-0.25, -0.2) is 13.1 Å². The van der Waals surface area contributed by atoms with Crippen molar-refractivity contribution in [2.75, 3.05) is 19.6 Å². The minimum atomic E-state index is -3.11. The highest BCUT2D eigenvalue weighted by atomic mass is 32.2. The highest BCUT2D eigenvalue weighted by molar-refractivity contribution is 7.90. The van der Waals surface area contributed by atoms with E-state index in [-0.39, 0.29) is 11.3 Å². The van der Waals surface area contributed by atoms with Crippen molar-refractivity contribution in [1.82, 2.24) is 14.6 Å². The van der Waals surface area contributed by atoms with Crippen molar-refractivity contribution < 1.29 is 8.42 Å². The number of sulfonamides is 1. The predicted octanol–water partition coefficient (Wildman–Crippen LogP) is 0.780. The molecule has 1 aliphatic heterocycles. The summed E-state index contributed by atoms with van der Waals surface area (Å²) in [5.74, 6) is 0. The summed E-state index contributed by atoms with van der Waals surface area (Å²) in [5.41, 5.74) is 1.25. The standard InChI is InChI=1S/C14H21N3O2S/c18-20(19,16-13-1-2-13)14-6-10-17(11-14)9-5-12-3-7-15-8-4-12/h3-4,7-8,13-14,16H,1-2,5-6,9-11H2. The third-order valence-electron chi connectivity index (χ3n) is 4.04. The van der Waals surface area contributed by atoms with Crippen LogP contribution in [0.5, 0.6) is 0 Å². The molecule has 6 heteroatoms. The van der Waals surface area contributed by atoms with Crippen LogP contribution in [0.25, 0.3) is 0 Å². The van der Waals surface area contributed by atoms with Crippen LogP contribution in [0.2, 0.25) is 0 Å². The van der Waals surface area contributed by atoms with Gasteiger partial charge < -0.3 is 4.90 Å². The summed E-state index contributed by atoms with van der Waals surface area (Å²) in [6.45, 7) is 2.45. The molecule has 2 fully saturated rings. The SMILES string of the molecule is O=S(=O)(NC1CC1)C1CCN(CCc2ccncc2)C1. The molecule has 0 radical (unpaired) electrons. The molecule has 0 amide bonds. The maximum atomic E-state index is 12.2. The average molecular weight is 295 g/mol. The number of aromatic nitrogens is 1. The Labute approximate surface area is 120 Å². The zero-order valence-electron chi connectivity index (χ0n) is 11.5. The van der Waals surface area contributed by atoms with E-state index in [9.17, 15) is 8.42 Å². The Morgan fingerprint density at radius 1 is 1.25 bits per heavy atom. The number of hydrogen-bond donors (Lipinski definition) is 1. The molecule has 1 N–H and O–H groups in total. The van der Waals surface area contributed by atoms with Crippen molar-refractivity contribution in [1.29, 1.82) is 0 Å². The second kappa shape index (κ2) is 5.79. The van der Waals surface area contributed by atoms with E-state index in [1.165, 1.54) is 5.56 Å². The second-order valence-electron chi connectivity index (χ2n) is 5.75. The molecule has 0 bridgehead atoms. The van der Waals surface area contributed by atoms with Gasteiger partial charge >= 0.3 is 0 Å². The fraction of sp³-hybridized carbons (Fsp3) is 0.643. The molecule has 110 valence electrons. The first-order chi connectivity index (χ1) is 9.63. The second-order valence-corrected chi connectivity index (χ2v) is 7.75. The molecule has 1 saturated carbocycles. The van der Waals surface area contributed by atoms with Crippen molar-refractivity contribution in [3.63, 3.8) is 0 Å². The van der Waals surface area contributed by atoms with Gasteiger partial charge in [0.1, 0.15) is 0 Å². The highest BCUT2D eigenvalue weighted by Crippen LogP contribution is 2.23. The van der Waals surface area contributed by atoms with E-state index >= 15 is 0 Å². The van der Waals surface area contributed by atoms with Crippen LogP contribution in [0, 0.1) is 0 Å². The zero-order valence-corrected chi connectivity index (χ0v) is 12.3. The summed E-state index contributed by atoms with van der Waals surface area (Å²) >= 11 is 0. The van der Waals surface area contributed by atoms with E-state index in [1.807, 2.05) is 12.1 Å². The first-order valence-corrected chi connectivity index (χ1v) is 8.80. The predicted molar refractivity (Wildman–Crippen MR) is 77.9 cm³/mol. The summed E-state index contributed by atoms with van der Waals surface area (Å²) < 4.78 is 27.1. The Morgan fingerprint density at radius 3 is 2.70 bits per heavy atom. The quantitative estimate of drug-likeness (QED) is 0.842. The lowest BCUT2D eigenvalue weighted by molar-refractivity contribution is 0.343. The highest BCUT2D eigenvalue weighted by Gasteiger charge is 2.36. The molecule has 0 spiro atoms. The number of nitrogens with zero attached hydrogens (tertiary/aromatic N) is 2. The lowest BCUT2D eigenvalue weighted by atomic mass is 10.2. The maximum absolute atomic E-state index is 12.2. The average Bonchev–Trinajstić information content (AvgIpc) is 3.10. The van der Waals surface area contributed by atoms with Crippen molar-refractivity contribution in [3.05, 3.63) is 30.1 Å². The normalized spacial score (nSPS) is 24.1. The molecule has 20 heavy (non-hydrogen) atoms. The third kappa shape index (κ3) is 3.56. The number of nitrogens with one attached hydrogen (secondary N) is 1. The van der Waals surface area contributed by atoms with E-state index in [4.69, 9.17) is 0 Å². The lowest BCUT2D eigenvalue weighted by Gasteiger charge is -2.16. The van der Waals surface area contributed by atoms with Crippen LogP contribution in [0.3, 0.4) is 0 Å². The van der Waals surface area contributed by atoms with E-state index in [2.05, 4.69) is 14.6 Å². The largest absolute Gasteiger partial charge is 0.302 e. The monoisotopic (exact) mass is 295 g/mol. The Hall–Kier alpha value is -0.980. The summed E-state index contributed by atoms with van der Waals surface area (Å²) in [5, 5.41) is -0.236. The van der Waals surface area contributed by atoms with Gasteiger partial charge in [0.2, 0.25) is 10.0 Å². The molecule has 1 aliphatic carbocycles. The first kappa shape index (κ1) is 14.0. The lowest BCUT2D eigenvalue weighted by Crippen LogP contribution is -2.37. The summed E-state index contributed by atoms with van der Waals surface area (Å²) in [7, 11) is -3.11. The summed E-state index contributed by atoms with van der Waals surface area (Å²) in [6, 6.07) is 4.24. The van der Waals surface area contributed by atoms with Gasteiger partial charge in [0, 0.05) is 31.5 Å². The van der Waals surface area contributed by atoms with Gasteiger partial charge in [0.15, 0.2) is 0 Å². The van der Waals surface area contributed by atoms with E-state index in [0.29, 0.717) is 6.54 Å². The number of pyridine rings is 1. The first-order valence-electron chi connectivity index (χ1n) is 7.26. The Kier molecular flexibility index (Phi) is 4.05. The van der Waals surface area contributed by atoms with Crippen LogP contribution in [-0.4, -0.2) is 49.2 Å². The van der Waals surface area contributed by atoms with Crippen molar-refractivity contribution >= 4 is 10.0 Å². The molecule has 5 nitrogen and oxygen atoms in total. The van der Waals surface area contributed by atoms with Crippen LogP contribution in [0.1, 0.15) is 24.8 Å². The fourth-order valence-electron chi connectivity index (χ4n) is 2.62. The van der Waals surface area contributed by atoms with Crippen LogP contribution >= 0.6 is 0 Å². The third-order valence-corrected chi connectivity index (χ3v) is 5.97. The molecular formula is C14H21N3O2S. The Morgan fingerprint density at radius 2 is 2.00 bits per heavy atom. The summed E-state index contributed by atoms with van der Waals surface area (Å²) in [4.78, 5) is 6.25. The molecule has 2 aliphatic rings. The molecule has 1 atom stereocenters. The maximum Gasteiger partial charge on any atom is 0.216 e. The fourth-order valence-corrected chi connectivity index (χ4v) is 4.34. The Bertz CT molecular complexity index is 543. The van der Waals surface area contributed by atoms with Crippen molar-refractivity contribution in [2.24, 2.45) is 0 Å². The molecule has 1 unspecified atom stereocenters. The Balaban J connectivity index is 1.49. The topological polar surface area (TPSA) is 62.3 Å². The smallest absolute Gasteiger partial charge is 0.216 e. The van der Waals surface area contributed by atoms with Gasteiger partial charge in [-0.2, -0.15) is 0 Å². The van der Waals surface area contributed by atoms with Crippen LogP contribution < -0.4 is 4.72 Å². The van der Waals surface area contributed by atoms with E-state index in [1.54, 1.807) is 12.4 Å². The van der Waals surface area contributed by atoms with Gasteiger partial charge in [-0.3, -0.25) is 4.98 Å². The van der Waals surface area contributed by atoms with Crippen molar-refractivity contribution in [3.8, 4) is 0 Å². The van der Waals surface area contributed by atoms with Gasteiger partial charge in [-0.15, -0.1) is 0 Å². The van der Waals surface area contributed by atoms with Gasteiger partial charge in [0.05, 0.1) is 5.25 Å². The van der Waals surface area contributed by atoms with Crippen LogP contribution in [0.15, 0.2) is 24.5 Å². The molecule has 2 heterocycles. The van der Waals surface area contributed by atoms with Crippen LogP contribution in [-0.2, 0) is 16.4 Å². The van der Waals surface area contributed by atoms with Gasteiger partial charge in [-0.05, 0) is 49.9 Å². The molecule has 1 aromatic heterocycles. The minimum Gasteiger partial charge on any atom is -0.302 e. The molecule has 1 aromatic rings. The number of likely N-dealkylation sites (tertiary alicyclic amines) is 1. The number of rotatable bonds is 6. The molecular weight excluding hydrogens is 274 g/mol. The van der Waals surface area contributed by atoms with Gasteiger partial charge in [-0.1, -0.05) is 0 Å². The molecule has 1 saturated heterocycles. The van der Waals surface area contributed by atoms with E-state index < -0.39 is 10.0 Å². The zero-order chi connectivity index (χ0) is 14.0. The minimum absolute atomic E-state index is 0.214. The summed E-state index contributed by atoms with van der Waals surface area (Å²) in [6.07, 6.45) is 7.29. The van der Waals surface area contributed by atoms with Crippen molar-refractivity contribution in [2.45, 2.75) is 37.0 Å². The van der Waals surface area contributed by atoms with E-state index in [0.717, 1.165) is 38.8 Å². The number of hydrogen-bond acceptors (Lipinski definition) is 4. The molecule has 0 aromatic carbocycles. The van der Waals surface area contributed by atoms with Crippen LogP contribution in [0.4, 0.5) is 0 Å². The van der Waals surface area contributed by atoms with Gasteiger partial charge in [0.25, 0.3) is 0 Å². The molecule has 3 rings (SSSR count).